The summed E-state index contributed by atoms with van der Waals surface area (Å²) < 4.78 is 0. The van der Waals surface area contributed by atoms with E-state index in [1.165, 1.54) is 10.8 Å². The molecule has 0 saturated carbocycles. The number of aliphatic hydroxyl groups excluding tert-OH is 1. The van der Waals surface area contributed by atoms with Gasteiger partial charge in [0.25, 0.3) is 0 Å². The Bertz CT molecular complexity index is 463. The summed E-state index contributed by atoms with van der Waals surface area (Å²) in [5, 5.41) is 12.1. The molecule has 1 N–H and O–H groups in total. The van der Waals surface area contributed by atoms with Crippen LogP contribution in [0.1, 0.15) is 33.3 Å². The van der Waals surface area contributed by atoms with Crippen LogP contribution in [0.15, 0.2) is 41.6 Å². The number of aliphatic hydroxyl groups is 1. The van der Waals surface area contributed by atoms with Crippen LogP contribution in [0.2, 0.25) is 19.6 Å². The standard InChI is InChI=1S/C19H32OSi/c1-15(13-16-11-9-8-10-12-16)14-17(21(5,6)7)18(20)19(2,3)4/h8-12,14-15,18,20H,13H2,1-7H3/b17-14+/t15-,18+/m0/s1. The van der Waals surface area contributed by atoms with Crippen molar-refractivity contribution in [3.05, 3.63) is 47.2 Å². The Morgan fingerprint density at radius 1 is 1.14 bits per heavy atom. The third-order valence-electron chi connectivity index (χ3n) is 3.85. The van der Waals surface area contributed by atoms with E-state index in [4.69, 9.17) is 0 Å². The monoisotopic (exact) mass is 304 g/mol. The molecule has 1 nitrogen and oxygen atoms in total. The minimum atomic E-state index is -1.53. The Balaban J connectivity index is 2.98. The third kappa shape index (κ3) is 5.80. The van der Waals surface area contributed by atoms with E-state index in [2.05, 4.69) is 83.7 Å². The zero-order valence-corrected chi connectivity index (χ0v) is 15.8. The van der Waals surface area contributed by atoms with Crippen molar-refractivity contribution in [2.45, 2.75) is 59.9 Å². The first-order valence-electron chi connectivity index (χ1n) is 7.96. The van der Waals surface area contributed by atoms with Gasteiger partial charge >= 0.3 is 0 Å². The minimum absolute atomic E-state index is 0.0986. The SMILES string of the molecule is C[C@H](/C=C(\[C@@H](O)C(C)(C)C)[Si](C)(C)C)Cc1ccccc1. The molecule has 0 aliphatic carbocycles. The topological polar surface area (TPSA) is 20.2 Å². The fourth-order valence-corrected chi connectivity index (χ4v) is 4.61. The Labute approximate surface area is 132 Å². The van der Waals surface area contributed by atoms with Crippen molar-refractivity contribution in [3.8, 4) is 0 Å². The van der Waals surface area contributed by atoms with Crippen molar-refractivity contribution < 1.29 is 5.11 Å². The molecule has 0 fully saturated rings. The average Bonchev–Trinajstić information content (AvgIpc) is 2.34. The predicted molar refractivity (Wildman–Crippen MR) is 96.2 cm³/mol. The first-order valence-corrected chi connectivity index (χ1v) is 11.5. The summed E-state index contributed by atoms with van der Waals surface area (Å²) in [7, 11) is -1.53. The maximum absolute atomic E-state index is 10.8. The van der Waals surface area contributed by atoms with Crippen molar-refractivity contribution >= 4 is 8.07 Å². The van der Waals surface area contributed by atoms with Gasteiger partial charge in [-0.1, -0.05) is 88.9 Å². The van der Waals surface area contributed by atoms with E-state index in [1.54, 1.807) is 0 Å². The summed E-state index contributed by atoms with van der Waals surface area (Å²) >= 11 is 0. The van der Waals surface area contributed by atoms with E-state index in [9.17, 15) is 5.11 Å². The van der Waals surface area contributed by atoms with Crippen molar-refractivity contribution in [2.75, 3.05) is 0 Å². The van der Waals surface area contributed by atoms with Crippen molar-refractivity contribution in [1.29, 1.82) is 0 Å². The van der Waals surface area contributed by atoms with Crippen LogP contribution >= 0.6 is 0 Å². The number of benzene rings is 1. The van der Waals surface area contributed by atoms with Crippen LogP contribution < -0.4 is 0 Å². The highest BCUT2D eigenvalue weighted by molar-refractivity contribution is 6.83. The van der Waals surface area contributed by atoms with E-state index in [0.717, 1.165) is 6.42 Å². The van der Waals surface area contributed by atoms with Crippen LogP contribution in [0.3, 0.4) is 0 Å². The van der Waals surface area contributed by atoms with Crippen molar-refractivity contribution in [2.24, 2.45) is 11.3 Å². The van der Waals surface area contributed by atoms with Gasteiger partial charge < -0.3 is 5.11 Å². The normalized spacial score (nSPS) is 16.7. The quantitative estimate of drug-likeness (QED) is 0.752. The molecule has 2 atom stereocenters. The lowest BCUT2D eigenvalue weighted by atomic mass is 9.87. The molecule has 0 aliphatic rings. The summed E-state index contributed by atoms with van der Waals surface area (Å²) in [6, 6.07) is 10.6. The molecule has 0 aliphatic heterocycles. The summed E-state index contributed by atoms with van der Waals surface area (Å²) in [6.07, 6.45) is 3.03. The lowest BCUT2D eigenvalue weighted by molar-refractivity contribution is 0.0996. The first-order chi connectivity index (χ1) is 9.51. The average molecular weight is 305 g/mol. The van der Waals surface area contributed by atoms with Crippen LogP contribution in [0.5, 0.6) is 0 Å². The second-order valence-corrected chi connectivity index (χ2v) is 13.4. The van der Waals surface area contributed by atoms with Crippen molar-refractivity contribution in [3.63, 3.8) is 0 Å². The van der Waals surface area contributed by atoms with Crippen LogP contribution in [0.25, 0.3) is 0 Å². The molecule has 0 bridgehead atoms. The summed E-state index contributed by atoms with van der Waals surface area (Å²) in [6.45, 7) is 15.6. The van der Waals surface area contributed by atoms with Gasteiger partial charge in [0, 0.05) is 0 Å². The van der Waals surface area contributed by atoms with Gasteiger partial charge in [0.15, 0.2) is 0 Å². The fraction of sp³-hybridized carbons (Fsp3) is 0.579. The number of allylic oxidation sites excluding steroid dienone is 1. The molecule has 0 spiro atoms. The Hall–Kier alpha value is -0.863. The fourth-order valence-electron chi connectivity index (χ4n) is 2.57. The highest BCUT2D eigenvalue weighted by Crippen LogP contribution is 2.31. The smallest absolute Gasteiger partial charge is 0.0763 e. The van der Waals surface area contributed by atoms with E-state index in [-0.39, 0.29) is 11.5 Å². The summed E-state index contributed by atoms with van der Waals surface area (Å²) in [4.78, 5) is 0. The molecule has 1 rings (SSSR count). The number of hydrogen-bond acceptors (Lipinski definition) is 1. The van der Waals surface area contributed by atoms with Gasteiger partial charge in [-0.3, -0.25) is 0 Å². The van der Waals surface area contributed by atoms with Gasteiger partial charge in [0.05, 0.1) is 14.2 Å². The lowest BCUT2D eigenvalue weighted by Gasteiger charge is -2.35. The van der Waals surface area contributed by atoms with Crippen LogP contribution in [0, 0.1) is 11.3 Å². The molecule has 0 saturated heterocycles. The molecular weight excluding hydrogens is 272 g/mol. The minimum Gasteiger partial charge on any atom is -0.389 e. The zero-order chi connectivity index (χ0) is 16.3. The van der Waals surface area contributed by atoms with E-state index < -0.39 is 8.07 Å². The summed E-state index contributed by atoms with van der Waals surface area (Å²) in [5.74, 6) is 0.450. The second-order valence-electron chi connectivity index (χ2n) is 8.31. The first kappa shape index (κ1) is 18.2. The number of hydrogen-bond donors (Lipinski definition) is 1. The molecule has 1 aromatic rings. The van der Waals surface area contributed by atoms with Crippen LogP contribution in [-0.4, -0.2) is 19.3 Å². The second kappa shape index (κ2) is 6.93. The highest BCUT2D eigenvalue weighted by atomic mass is 28.3. The molecule has 2 heteroatoms. The Morgan fingerprint density at radius 2 is 1.67 bits per heavy atom. The Morgan fingerprint density at radius 3 is 2.10 bits per heavy atom. The molecule has 0 radical (unpaired) electrons. The van der Waals surface area contributed by atoms with Crippen LogP contribution in [-0.2, 0) is 6.42 Å². The zero-order valence-electron chi connectivity index (χ0n) is 14.8. The van der Waals surface area contributed by atoms with Crippen molar-refractivity contribution in [1.82, 2.24) is 0 Å². The largest absolute Gasteiger partial charge is 0.389 e. The predicted octanol–water partition coefficient (Wildman–Crippen LogP) is 5.08. The molecule has 0 heterocycles. The molecule has 0 unspecified atom stereocenters. The molecule has 118 valence electrons. The molecule has 0 amide bonds. The third-order valence-corrected chi connectivity index (χ3v) is 6.02. The molecule has 0 aromatic heterocycles. The van der Waals surface area contributed by atoms with Gasteiger partial charge in [-0.2, -0.15) is 0 Å². The van der Waals surface area contributed by atoms with Gasteiger partial charge in [-0.25, -0.2) is 0 Å². The number of rotatable bonds is 5. The molecular formula is C19H32OSi. The Kier molecular flexibility index (Phi) is 6.00. The van der Waals surface area contributed by atoms with Gasteiger partial charge in [-0.05, 0) is 23.3 Å². The maximum Gasteiger partial charge on any atom is 0.0763 e. The van der Waals surface area contributed by atoms with Gasteiger partial charge in [0.2, 0.25) is 0 Å². The van der Waals surface area contributed by atoms with E-state index in [1.807, 2.05) is 0 Å². The van der Waals surface area contributed by atoms with Gasteiger partial charge in [0.1, 0.15) is 0 Å². The van der Waals surface area contributed by atoms with Crippen LogP contribution in [0.4, 0.5) is 0 Å². The van der Waals surface area contributed by atoms with Gasteiger partial charge in [-0.15, -0.1) is 0 Å². The van der Waals surface area contributed by atoms with E-state index in [0.29, 0.717) is 5.92 Å². The maximum atomic E-state index is 10.8. The molecule has 21 heavy (non-hydrogen) atoms. The molecule has 1 aromatic carbocycles. The lowest BCUT2D eigenvalue weighted by Crippen LogP contribution is -2.39. The highest BCUT2D eigenvalue weighted by Gasteiger charge is 2.33. The summed E-state index contributed by atoms with van der Waals surface area (Å²) in [5.41, 5.74) is 1.26. The van der Waals surface area contributed by atoms with E-state index >= 15 is 0 Å².